The van der Waals surface area contributed by atoms with Crippen LogP contribution in [0, 0.1) is 0 Å². The maximum absolute atomic E-state index is 11.7. The van der Waals surface area contributed by atoms with Crippen LogP contribution in [0.2, 0.25) is 0 Å². The third-order valence-corrected chi connectivity index (χ3v) is 2.59. The van der Waals surface area contributed by atoms with Gasteiger partial charge in [-0.15, -0.1) is 0 Å². The zero-order valence-electron chi connectivity index (χ0n) is 7.49. The molecule has 2 aliphatic heterocycles. The number of carbonyl (C=O) groups is 2. The molecule has 2 amide bonds. The minimum atomic E-state index is -0.416. The van der Waals surface area contributed by atoms with Crippen molar-refractivity contribution in [2.75, 3.05) is 13.2 Å². The molecular weight excluding hydrogens is 204 g/mol. The Morgan fingerprint density at radius 2 is 2.43 bits per heavy atom. The Bertz CT molecular complexity index is 299. The number of hydrogen-bond acceptors (Lipinski definition) is 4. The Kier molecular flexibility index (Phi) is 2.47. The van der Waals surface area contributed by atoms with Crippen molar-refractivity contribution in [3.05, 3.63) is 0 Å². The minimum Gasteiger partial charge on any atom is -0.368 e. The Hall–Kier alpha value is -1.01. The molecule has 0 aromatic heterocycles. The molecule has 0 aromatic rings. The molecule has 0 radical (unpaired) electrons. The standard InChI is InChI=1S/C8H10N2O3S/c11-6-4-10(8(14)9-6)7(12)5-2-1-3-13-5/h5H,1-4H2,(H,9,11,14)/t5-/m1/s1. The van der Waals surface area contributed by atoms with Gasteiger partial charge in [0.1, 0.15) is 12.6 Å². The molecule has 2 saturated heterocycles. The summed E-state index contributed by atoms with van der Waals surface area (Å²) >= 11 is 4.85. The van der Waals surface area contributed by atoms with Crippen molar-refractivity contribution >= 4 is 29.1 Å². The van der Waals surface area contributed by atoms with E-state index in [4.69, 9.17) is 17.0 Å². The van der Waals surface area contributed by atoms with E-state index in [-0.39, 0.29) is 23.5 Å². The Morgan fingerprint density at radius 1 is 1.64 bits per heavy atom. The van der Waals surface area contributed by atoms with Crippen molar-refractivity contribution in [1.29, 1.82) is 0 Å². The Labute approximate surface area is 86.4 Å². The van der Waals surface area contributed by atoms with Crippen molar-refractivity contribution in [1.82, 2.24) is 10.2 Å². The molecule has 5 nitrogen and oxygen atoms in total. The van der Waals surface area contributed by atoms with Crippen LogP contribution in [0.3, 0.4) is 0 Å². The van der Waals surface area contributed by atoms with Crippen LogP contribution < -0.4 is 5.32 Å². The van der Waals surface area contributed by atoms with Crippen LogP contribution in [-0.2, 0) is 14.3 Å². The van der Waals surface area contributed by atoms with Crippen LogP contribution in [0.15, 0.2) is 0 Å². The van der Waals surface area contributed by atoms with Crippen LogP contribution in [0.4, 0.5) is 0 Å². The van der Waals surface area contributed by atoms with Crippen molar-refractivity contribution < 1.29 is 14.3 Å². The summed E-state index contributed by atoms with van der Waals surface area (Å²) in [5.74, 6) is -0.438. The molecule has 1 N–H and O–H groups in total. The molecule has 6 heteroatoms. The van der Waals surface area contributed by atoms with Gasteiger partial charge in [-0.25, -0.2) is 0 Å². The molecule has 2 aliphatic rings. The molecule has 2 heterocycles. The molecule has 0 aliphatic carbocycles. The molecule has 14 heavy (non-hydrogen) atoms. The van der Waals surface area contributed by atoms with E-state index in [9.17, 15) is 9.59 Å². The van der Waals surface area contributed by atoms with E-state index in [1.54, 1.807) is 0 Å². The highest BCUT2D eigenvalue weighted by molar-refractivity contribution is 7.80. The first-order chi connectivity index (χ1) is 6.68. The summed E-state index contributed by atoms with van der Waals surface area (Å²) in [6.45, 7) is 0.635. The number of thiocarbonyl (C=S) groups is 1. The van der Waals surface area contributed by atoms with Crippen molar-refractivity contribution in [3.8, 4) is 0 Å². The quantitative estimate of drug-likeness (QED) is 0.593. The van der Waals surface area contributed by atoms with E-state index in [0.717, 1.165) is 6.42 Å². The van der Waals surface area contributed by atoms with Gasteiger partial charge in [-0.05, 0) is 25.1 Å². The molecule has 0 saturated carbocycles. The van der Waals surface area contributed by atoms with Gasteiger partial charge in [0.05, 0.1) is 0 Å². The number of nitrogens with zero attached hydrogens (tertiary/aromatic N) is 1. The number of nitrogens with one attached hydrogen (secondary N) is 1. The second-order valence-corrected chi connectivity index (χ2v) is 3.67. The first kappa shape index (κ1) is 9.54. The van der Waals surface area contributed by atoms with Gasteiger partial charge in [0.15, 0.2) is 5.11 Å². The van der Waals surface area contributed by atoms with Gasteiger partial charge in [0.2, 0.25) is 5.91 Å². The van der Waals surface area contributed by atoms with Crippen molar-refractivity contribution in [2.24, 2.45) is 0 Å². The molecular formula is C8H10N2O3S. The molecule has 0 aromatic carbocycles. The van der Waals surface area contributed by atoms with Gasteiger partial charge in [-0.3, -0.25) is 14.5 Å². The highest BCUT2D eigenvalue weighted by Gasteiger charge is 2.35. The molecule has 0 bridgehead atoms. The number of rotatable bonds is 1. The summed E-state index contributed by atoms with van der Waals surface area (Å²) in [6, 6.07) is 0. The van der Waals surface area contributed by atoms with Crippen molar-refractivity contribution in [3.63, 3.8) is 0 Å². The topological polar surface area (TPSA) is 58.6 Å². The van der Waals surface area contributed by atoms with E-state index in [0.29, 0.717) is 13.0 Å². The molecule has 1 atom stereocenters. The summed E-state index contributed by atoms with van der Waals surface area (Å²) in [6.07, 6.45) is 1.19. The second-order valence-electron chi connectivity index (χ2n) is 3.28. The first-order valence-corrected chi connectivity index (χ1v) is 4.86. The fourth-order valence-electron chi connectivity index (χ4n) is 1.57. The Morgan fingerprint density at radius 3 is 2.93 bits per heavy atom. The van der Waals surface area contributed by atoms with Crippen LogP contribution in [0.1, 0.15) is 12.8 Å². The smallest absolute Gasteiger partial charge is 0.258 e. The van der Waals surface area contributed by atoms with E-state index >= 15 is 0 Å². The van der Waals surface area contributed by atoms with Crippen LogP contribution in [0.5, 0.6) is 0 Å². The zero-order chi connectivity index (χ0) is 10.1. The first-order valence-electron chi connectivity index (χ1n) is 4.45. The SMILES string of the molecule is O=C1CN(C(=O)[C@H]2CCCO2)C(=S)N1. The number of carbonyl (C=O) groups excluding carboxylic acids is 2. The van der Waals surface area contributed by atoms with Crippen LogP contribution in [-0.4, -0.2) is 41.1 Å². The zero-order valence-corrected chi connectivity index (χ0v) is 8.30. The van der Waals surface area contributed by atoms with Gasteiger partial charge in [-0.2, -0.15) is 0 Å². The van der Waals surface area contributed by atoms with Gasteiger partial charge in [0.25, 0.3) is 5.91 Å². The van der Waals surface area contributed by atoms with E-state index in [1.807, 2.05) is 0 Å². The molecule has 0 spiro atoms. The van der Waals surface area contributed by atoms with Crippen LogP contribution in [0.25, 0.3) is 0 Å². The molecule has 0 unspecified atom stereocenters. The lowest BCUT2D eigenvalue weighted by Gasteiger charge is -2.17. The third kappa shape index (κ3) is 1.62. The molecule has 76 valence electrons. The summed E-state index contributed by atoms with van der Waals surface area (Å²) < 4.78 is 5.22. The molecule has 2 rings (SSSR count). The maximum atomic E-state index is 11.7. The summed E-state index contributed by atoms with van der Waals surface area (Å²) in [4.78, 5) is 23.9. The average molecular weight is 214 g/mol. The fourth-order valence-corrected chi connectivity index (χ4v) is 1.83. The fraction of sp³-hybridized carbons (Fsp3) is 0.625. The highest BCUT2D eigenvalue weighted by atomic mass is 32.1. The normalized spacial score (nSPS) is 26.9. The van der Waals surface area contributed by atoms with Gasteiger partial charge in [0, 0.05) is 6.61 Å². The monoisotopic (exact) mass is 214 g/mol. The van der Waals surface area contributed by atoms with Gasteiger partial charge in [-0.1, -0.05) is 0 Å². The summed E-state index contributed by atoms with van der Waals surface area (Å²) in [7, 11) is 0. The third-order valence-electron chi connectivity index (χ3n) is 2.26. The molecule has 2 fully saturated rings. The lowest BCUT2D eigenvalue weighted by atomic mass is 10.2. The summed E-state index contributed by atoms with van der Waals surface area (Å²) in [5.41, 5.74) is 0. The Balaban J connectivity index is 2.03. The number of hydrogen-bond donors (Lipinski definition) is 1. The van der Waals surface area contributed by atoms with E-state index in [1.165, 1.54) is 4.90 Å². The number of ether oxygens (including phenoxy) is 1. The predicted molar refractivity (Wildman–Crippen MR) is 51.4 cm³/mol. The summed E-state index contributed by atoms with van der Waals surface area (Å²) in [5, 5.41) is 2.60. The van der Waals surface area contributed by atoms with E-state index in [2.05, 4.69) is 5.32 Å². The van der Waals surface area contributed by atoms with Crippen LogP contribution >= 0.6 is 12.2 Å². The largest absolute Gasteiger partial charge is 0.368 e. The van der Waals surface area contributed by atoms with E-state index < -0.39 is 6.10 Å². The highest BCUT2D eigenvalue weighted by Crippen LogP contribution is 2.15. The van der Waals surface area contributed by atoms with Crippen molar-refractivity contribution in [2.45, 2.75) is 18.9 Å². The minimum absolute atomic E-state index is 0.0253. The van der Waals surface area contributed by atoms with Gasteiger partial charge >= 0.3 is 0 Å². The maximum Gasteiger partial charge on any atom is 0.258 e. The lowest BCUT2D eigenvalue weighted by molar-refractivity contribution is -0.137. The number of amides is 2. The second kappa shape index (κ2) is 3.62. The lowest BCUT2D eigenvalue weighted by Crippen LogP contribution is -2.40. The average Bonchev–Trinajstić information content (AvgIpc) is 2.73. The predicted octanol–water partition coefficient (Wildman–Crippen LogP) is -0.591. The van der Waals surface area contributed by atoms with Gasteiger partial charge < -0.3 is 10.1 Å².